The minimum atomic E-state index is -0.220. The van der Waals surface area contributed by atoms with Crippen LogP contribution >= 0.6 is 11.3 Å². The fraction of sp³-hybridized carbons (Fsp3) is 0.158. The van der Waals surface area contributed by atoms with E-state index in [0.717, 1.165) is 27.2 Å². The highest BCUT2D eigenvalue weighted by Gasteiger charge is 2.20. The molecule has 0 fully saturated rings. The Labute approximate surface area is 154 Å². The van der Waals surface area contributed by atoms with E-state index in [1.165, 1.54) is 0 Å². The van der Waals surface area contributed by atoms with E-state index >= 15 is 0 Å². The van der Waals surface area contributed by atoms with Crippen LogP contribution in [0.1, 0.15) is 21.6 Å². The van der Waals surface area contributed by atoms with E-state index in [2.05, 4.69) is 15.4 Å². The standard InChI is InChI=1S/C19H17N5OS/c1-11-6-7-16(20-10-11)22-19(25)13-9-14(15-5-4-8-26-15)21-18-17(13)12(2)23-24(18)3/h4-10H,1-3H3,(H,20,22,25). The average molecular weight is 363 g/mol. The summed E-state index contributed by atoms with van der Waals surface area (Å²) < 4.78 is 1.71. The third kappa shape index (κ3) is 2.86. The van der Waals surface area contributed by atoms with E-state index in [9.17, 15) is 4.79 Å². The molecule has 6 nitrogen and oxygen atoms in total. The molecular weight excluding hydrogens is 346 g/mol. The lowest BCUT2D eigenvalue weighted by atomic mass is 10.1. The number of fused-ring (bicyclic) bond motifs is 1. The van der Waals surface area contributed by atoms with Crippen molar-refractivity contribution in [1.82, 2.24) is 19.7 Å². The van der Waals surface area contributed by atoms with Gasteiger partial charge in [0.2, 0.25) is 0 Å². The van der Waals surface area contributed by atoms with Crippen molar-refractivity contribution in [1.29, 1.82) is 0 Å². The van der Waals surface area contributed by atoms with Crippen molar-refractivity contribution in [3.05, 3.63) is 58.7 Å². The summed E-state index contributed by atoms with van der Waals surface area (Å²) in [5.74, 6) is 0.299. The number of rotatable bonds is 3. The molecular formula is C19H17N5OS. The highest BCUT2D eigenvalue weighted by Crippen LogP contribution is 2.29. The number of carbonyl (C=O) groups excluding carboxylic acids is 1. The fourth-order valence-corrected chi connectivity index (χ4v) is 3.59. The molecule has 0 saturated heterocycles. The van der Waals surface area contributed by atoms with Gasteiger partial charge in [-0.25, -0.2) is 9.97 Å². The van der Waals surface area contributed by atoms with Crippen molar-refractivity contribution < 1.29 is 4.79 Å². The molecule has 4 rings (SSSR count). The molecule has 130 valence electrons. The molecule has 26 heavy (non-hydrogen) atoms. The van der Waals surface area contributed by atoms with Crippen molar-refractivity contribution in [3.63, 3.8) is 0 Å². The van der Waals surface area contributed by atoms with Crippen LogP contribution < -0.4 is 5.32 Å². The third-order valence-electron chi connectivity index (χ3n) is 4.14. The van der Waals surface area contributed by atoms with Crippen LogP contribution in [0.5, 0.6) is 0 Å². The molecule has 4 aromatic rings. The van der Waals surface area contributed by atoms with Gasteiger partial charge in [-0.2, -0.15) is 5.10 Å². The molecule has 0 radical (unpaired) electrons. The molecule has 4 heterocycles. The number of aromatic nitrogens is 4. The molecule has 0 aromatic carbocycles. The lowest BCUT2D eigenvalue weighted by molar-refractivity contribution is 0.102. The summed E-state index contributed by atoms with van der Waals surface area (Å²) in [5, 5.41) is 10.1. The SMILES string of the molecule is Cc1ccc(NC(=O)c2cc(-c3cccs3)nc3c2c(C)nn3C)nc1. The van der Waals surface area contributed by atoms with Gasteiger partial charge in [0.15, 0.2) is 5.65 Å². The van der Waals surface area contributed by atoms with Crippen molar-refractivity contribution >= 4 is 34.1 Å². The number of nitrogens with one attached hydrogen (secondary N) is 1. The summed E-state index contributed by atoms with van der Waals surface area (Å²) in [6, 6.07) is 9.49. The second-order valence-corrected chi connectivity index (χ2v) is 7.06. The second-order valence-electron chi connectivity index (χ2n) is 6.11. The number of anilines is 1. The molecule has 0 saturated carbocycles. The van der Waals surface area contributed by atoms with E-state index in [1.54, 1.807) is 28.3 Å². The quantitative estimate of drug-likeness (QED) is 0.598. The Morgan fingerprint density at radius 3 is 2.77 bits per heavy atom. The summed E-state index contributed by atoms with van der Waals surface area (Å²) in [5.41, 5.74) is 3.81. The van der Waals surface area contributed by atoms with E-state index < -0.39 is 0 Å². The van der Waals surface area contributed by atoms with Crippen LogP contribution in [0.25, 0.3) is 21.6 Å². The van der Waals surface area contributed by atoms with E-state index in [0.29, 0.717) is 17.0 Å². The van der Waals surface area contributed by atoms with Gasteiger partial charge < -0.3 is 5.32 Å². The van der Waals surface area contributed by atoms with E-state index in [1.807, 2.05) is 50.5 Å². The highest BCUT2D eigenvalue weighted by atomic mass is 32.1. The minimum absolute atomic E-state index is 0.220. The zero-order valence-corrected chi connectivity index (χ0v) is 15.5. The zero-order chi connectivity index (χ0) is 18.3. The summed E-state index contributed by atoms with van der Waals surface area (Å²) in [6.07, 6.45) is 1.73. The van der Waals surface area contributed by atoms with Crippen LogP contribution in [0.3, 0.4) is 0 Å². The Kier molecular flexibility index (Phi) is 4.00. The fourth-order valence-electron chi connectivity index (χ4n) is 2.90. The van der Waals surface area contributed by atoms with Crippen LogP contribution in [0.15, 0.2) is 41.9 Å². The Balaban J connectivity index is 1.84. The maximum absolute atomic E-state index is 13.0. The number of nitrogens with zero attached hydrogens (tertiary/aromatic N) is 4. The molecule has 0 bridgehead atoms. The summed E-state index contributed by atoms with van der Waals surface area (Å²) in [7, 11) is 1.84. The Morgan fingerprint density at radius 1 is 1.23 bits per heavy atom. The number of carbonyl (C=O) groups is 1. The Bertz CT molecular complexity index is 1100. The summed E-state index contributed by atoms with van der Waals surface area (Å²) in [6.45, 7) is 3.84. The first kappa shape index (κ1) is 16.4. The number of thiophene rings is 1. The lowest BCUT2D eigenvalue weighted by Gasteiger charge is -2.08. The maximum Gasteiger partial charge on any atom is 0.257 e. The van der Waals surface area contributed by atoms with Gasteiger partial charge in [0, 0.05) is 13.2 Å². The predicted octanol–water partition coefficient (Wildman–Crippen LogP) is 3.96. The first-order valence-electron chi connectivity index (χ1n) is 8.15. The van der Waals surface area contributed by atoms with Gasteiger partial charge in [0.05, 0.1) is 27.2 Å². The molecule has 0 spiro atoms. The molecule has 4 aromatic heterocycles. The van der Waals surface area contributed by atoms with Crippen molar-refractivity contribution in [2.24, 2.45) is 7.05 Å². The number of pyridine rings is 2. The number of amides is 1. The monoisotopic (exact) mass is 363 g/mol. The van der Waals surface area contributed by atoms with Gasteiger partial charge in [0.1, 0.15) is 5.82 Å². The van der Waals surface area contributed by atoms with Crippen LogP contribution in [-0.4, -0.2) is 25.7 Å². The number of hydrogen-bond acceptors (Lipinski definition) is 5. The lowest BCUT2D eigenvalue weighted by Crippen LogP contribution is -2.14. The molecule has 0 atom stereocenters. The molecule has 0 aliphatic heterocycles. The molecule has 0 aliphatic carbocycles. The van der Waals surface area contributed by atoms with E-state index in [-0.39, 0.29) is 5.91 Å². The van der Waals surface area contributed by atoms with Crippen LogP contribution in [0.4, 0.5) is 5.82 Å². The Hall–Kier alpha value is -3.06. The molecule has 1 N–H and O–H groups in total. The normalized spacial score (nSPS) is 11.0. The van der Waals surface area contributed by atoms with Crippen LogP contribution in [0, 0.1) is 13.8 Å². The van der Waals surface area contributed by atoms with Crippen LogP contribution in [0.2, 0.25) is 0 Å². The topological polar surface area (TPSA) is 72.7 Å². The van der Waals surface area contributed by atoms with Crippen molar-refractivity contribution in [2.75, 3.05) is 5.32 Å². The van der Waals surface area contributed by atoms with Gasteiger partial charge in [-0.05, 0) is 43.0 Å². The summed E-state index contributed by atoms with van der Waals surface area (Å²) >= 11 is 1.59. The van der Waals surface area contributed by atoms with Gasteiger partial charge in [-0.1, -0.05) is 12.1 Å². The van der Waals surface area contributed by atoms with Gasteiger partial charge >= 0.3 is 0 Å². The largest absolute Gasteiger partial charge is 0.307 e. The predicted molar refractivity (Wildman–Crippen MR) is 103 cm³/mol. The minimum Gasteiger partial charge on any atom is -0.307 e. The van der Waals surface area contributed by atoms with Crippen molar-refractivity contribution in [3.8, 4) is 10.6 Å². The summed E-state index contributed by atoms with van der Waals surface area (Å²) in [4.78, 5) is 23.0. The number of hydrogen-bond donors (Lipinski definition) is 1. The molecule has 7 heteroatoms. The third-order valence-corrected chi connectivity index (χ3v) is 5.03. The maximum atomic E-state index is 13.0. The first-order valence-corrected chi connectivity index (χ1v) is 9.03. The van der Waals surface area contributed by atoms with Crippen LogP contribution in [-0.2, 0) is 7.05 Å². The Morgan fingerprint density at radius 2 is 2.08 bits per heavy atom. The number of aryl methyl sites for hydroxylation is 3. The molecule has 0 unspecified atom stereocenters. The highest BCUT2D eigenvalue weighted by molar-refractivity contribution is 7.13. The van der Waals surface area contributed by atoms with Gasteiger partial charge in [0.25, 0.3) is 5.91 Å². The molecule has 1 amide bonds. The molecule has 0 aliphatic rings. The smallest absolute Gasteiger partial charge is 0.257 e. The van der Waals surface area contributed by atoms with E-state index in [4.69, 9.17) is 4.98 Å². The van der Waals surface area contributed by atoms with Gasteiger partial charge in [-0.15, -0.1) is 11.3 Å². The first-order chi connectivity index (χ1) is 12.5. The van der Waals surface area contributed by atoms with Gasteiger partial charge in [-0.3, -0.25) is 9.48 Å². The zero-order valence-electron chi connectivity index (χ0n) is 14.6. The van der Waals surface area contributed by atoms with Crippen molar-refractivity contribution in [2.45, 2.75) is 13.8 Å². The average Bonchev–Trinajstić information content (AvgIpc) is 3.25. The second kappa shape index (κ2) is 6.34.